The van der Waals surface area contributed by atoms with Crippen LogP contribution in [0.3, 0.4) is 0 Å². The van der Waals surface area contributed by atoms with Gasteiger partial charge in [-0.25, -0.2) is 0 Å². The van der Waals surface area contributed by atoms with E-state index in [2.05, 4.69) is 0 Å². The highest BCUT2D eigenvalue weighted by molar-refractivity contribution is 5.49. The van der Waals surface area contributed by atoms with Gasteiger partial charge in [0.25, 0.3) is 0 Å². The first kappa shape index (κ1) is 10.3. The Bertz CT molecular complexity index is 378. The fourth-order valence-corrected chi connectivity index (χ4v) is 2.29. The van der Waals surface area contributed by atoms with Crippen molar-refractivity contribution in [3.05, 3.63) is 23.3 Å². The molecule has 0 amide bonds. The van der Waals surface area contributed by atoms with E-state index in [-0.39, 0.29) is 16.9 Å². The lowest BCUT2D eigenvalue weighted by Gasteiger charge is -2.41. The predicted molar refractivity (Wildman–Crippen MR) is 59.1 cm³/mol. The summed E-state index contributed by atoms with van der Waals surface area (Å²) in [7, 11) is 0. The van der Waals surface area contributed by atoms with Crippen molar-refractivity contribution >= 4 is 0 Å². The van der Waals surface area contributed by atoms with Gasteiger partial charge in [-0.1, -0.05) is 6.42 Å². The van der Waals surface area contributed by atoms with Crippen molar-refractivity contribution in [2.75, 3.05) is 6.54 Å². The number of rotatable bonds is 2. The van der Waals surface area contributed by atoms with E-state index in [0.29, 0.717) is 12.1 Å². The zero-order valence-corrected chi connectivity index (χ0v) is 8.95. The fourth-order valence-electron chi connectivity index (χ4n) is 2.29. The summed E-state index contributed by atoms with van der Waals surface area (Å²) < 4.78 is 0. The lowest BCUT2D eigenvalue weighted by Crippen LogP contribution is -2.41. The van der Waals surface area contributed by atoms with E-state index in [0.717, 1.165) is 24.8 Å². The molecular formula is C12H17NO2. The average Bonchev–Trinajstić information content (AvgIpc) is 2.12. The zero-order chi connectivity index (χ0) is 11.1. The molecular weight excluding hydrogens is 190 g/mol. The maximum Gasteiger partial charge on any atom is 0.119 e. The van der Waals surface area contributed by atoms with Crippen molar-refractivity contribution in [3.63, 3.8) is 0 Å². The summed E-state index contributed by atoms with van der Waals surface area (Å²) in [5.41, 5.74) is 7.17. The van der Waals surface area contributed by atoms with Gasteiger partial charge >= 0.3 is 0 Å². The van der Waals surface area contributed by atoms with Crippen LogP contribution in [0.2, 0.25) is 0 Å². The van der Waals surface area contributed by atoms with Crippen molar-refractivity contribution in [1.29, 1.82) is 0 Å². The Morgan fingerprint density at radius 2 is 1.93 bits per heavy atom. The fraction of sp³-hybridized carbons (Fsp3) is 0.500. The van der Waals surface area contributed by atoms with Gasteiger partial charge in [-0.05, 0) is 37.5 Å². The second-order valence-corrected chi connectivity index (χ2v) is 4.49. The van der Waals surface area contributed by atoms with Gasteiger partial charge in [-0.3, -0.25) is 0 Å². The van der Waals surface area contributed by atoms with Crippen LogP contribution in [0, 0.1) is 6.92 Å². The van der Waals surface area contributed by atoms with Crippen LogP contribution in [0.5, 0.6) is 11.5 Å². The Morgan fingerprint density at radius 3 is 2.40 bits per heavy atom. The van der Waals surface area contributed by atoms with Crippen LogP contribution in [0.1, 0.15) is 30.4 Å². The monoisotopic (exact) mass is 207 g/mol. The van der Waals surface area contributed by atoms with Gasteiger partial charge in [-0.2, -0.15) is 0 Å². The number of hydrogen-bond acceptors (Lipinski definition) is 3. The van der Waals surface area contributed by atoms with E-state index in [1.54, 1.807) is 19.1 Å². The van der Waals surface area contributed by atoms with Gasteiger partial charge in [0.2, 0.25) is 0 Å². The molecule has 0 aliphatic heterocycles. The SMILES string of the molecule is Cc1cc(O)c(C2(CN)CCC2)cc1O. The largest absolute Gasteiger partial charge is 0.508 e. The normalized spacial score (nSPS) is 18.5. The molecule has 82 valence electrons. The topological polar surface area (TPSA) is 66.5 Å². The lowest BCUT2D eigenvalue weighted by atomic mass is 9.64. The first-order valence-corrected chi connectivity index (χ1v) is 5.32. The van der Waals surface area contributed by atoms with Crippen LogP contribution in [0.15, 0.2) is 12.1 Å². The summed E-state index contributed by atoms with van der Waals surface area (Å²) in [6, 6.07) is 3.27. The summed E-state index contributed by atoms with van der Waals surface area (Å²) in [6.07, 6.45) is 3.14. The van der Waals surface area contributed by atoms with Crippen molar-refractivity contribution in [2.24, 2.45) is 5.73 Å². The highest BCUT2D eigenvalue weighted by atomic mass is 16.3. The van der Waals surface area contributed by atoms with Crippen molar-refractivity contribution in [1.82, 2.24) is 0 Å². The molecule has 1 aromatic rings. The molecule has 3 nitrogen and oxygen atoms in total. The van der Waals surface area contributed by atoms with Gasteiger partial charge in [0.05, 0.1) is 0 Å². The minimum absolute atomic E-state index is 0.102. The molecule has 0 unspecified atom stereocenters. The third-order valence-electron chi connectivity index (χ3n) is 3.59. The standard InChI is InChI=1S/C12H17NO2/c1-8-5-11(15)9(6-10(8)14)12(7-13)3-2-4-12/h5-6,14-15H,2-4,7,13H2,1H3. The summed E-state index contributed by atoms with van der Waals surface area (Å²) in [5, 5.41) is 19.5. The summed E-state index contributed by atoms with van der Waals surface area (Å²) in [5.74, 6) is 0.498. The van der Waals surface area contributed by atoms with Gasteiger partial charge in [-0.15, -0.1) is 0 Å². The van der Waals surface area contributed by atoms with E-state index in [1.807, 2.05) is 0 Å². The Hall–Kier alpha value is -1.22. The molecule has 1 fully saturated rings. The van der Waals surface area contributed by atoms with Gasteiger partial charge < -0.3 is 15.9 Å². The average molecular weight is 207 g/mol. The van der Waals surface area contributed by atoms with Crippen LogP contribution in [0.25, 0.3) is 0 Å². The second-order valence-electron chi connectivity index (χ2n) is 4.49. The molecule has 4 N–H and O–H groups in total. The van der Waals surface area contributed by atoms with Crippen LogP contribution < -0.4 is 5.73 Å². The molecule has 3 heteroatoms. The molecule has 0 bridgehead atoms. The maximum absolute atomic E-state index is 9.88. The van der Waals surface area contributed by atoms with E-state index in [1.165, 1.54) is 0 Å². The zero-order valence-electron chi connectivity index (χ0n) is 8.95. The quantitative estimate of drug-likeness (QED) is 0.648. The van der Waals surface area contributed by atoms with E-state index >= 15 is 0 Å². The molecule has 0 saturated heterocycles. The molecule has 0 spiro atoms. The molecule has 0 aromatic heterocycles. The second kappa shape index (κ2) is 3.42. The highest BCUT2D eigenvalue weighted by Crippen LogP contribution is 2.47. The van der Waals surface area contributed by atoms with Crippen LogP contribution >= 0.6 is 0 Å². The minimum atomic E-state index is -0.102. The highest BCUT2D eigenvalue weighted by Gasteiger charge is 2.39. The first-order chi connectivity index (χ1) is 7.09. The third-order valence-corrected chi connectivity index (χ3v) is 3.59. The van der Waals surface area contributed by atoms with E-state index < -0.39 is 0 Å². The van der Waals surface area contributed by atoms with E-state index in [9.17, 15) is 10.2 Å². The predicted octanol–water partition coefficient (Wildman–Crippen LogP) is 1.79. The minimum Gasteiger partial charge on any atom is -0.508 e. The van der Waals surface area contributed by atoms with E-state index in [4.69, 9.17) is 5.73 Å². The number of phenolic OH excluding ortho intramolecular Hbond substituents is 2. The van der Waals surface area contributed by atoms with Crippen molar-refractivity contribution < 1.29 is 10.2 Å². The Labute approximate surface area is 89.5 Å². The lowest BCUT2D eigenvalue weighted by molar-refractivity contribution is 0.244. The van der Waals surface area contributed by atoms with Crippen LogP contribution in [-0.4, -0.2) is 16.8 Å². The number of aryl methyl sites for hydroxylation is 1. The molecule has 2 rings (SSSR count). The number of hydrogen-bond donors (Lipinski definition) is 3. The molecule has 1 aliphatic carbocycles. The molecule has 0 atom stereocenters. The summed E-state index contributed by atoms with van der Waals surface area (Å²) in [6.45, 7) is 2.30. The van der Waals surface area contributed by atoms with Crippen molar-refractivity contribution in [3.8, 4) is 11.5 Å². The number of phenols is 2. The molecule has 0 radical (unpaired) electrons. The number of nitrogens with two attached hydrogens (primary N) is 1. The molecule has 15 heavy (non-hydrogen) atoms. The number of aromatic hydroxyl groups is 2. The van der Waals surface area contributed by atoms with Crippen molar-refractivity contribution in [2.45, 2.75) is 31.6 Å². The van der Waals surface area contributed by atoms with Crippen LogP contribution in [0.4, 0.5) is 0 Å². The van der Waals surface area contributed by atoms with Gasteiger partial charge in [0.15, 0.2) is 0 Å². The van der Waals surface area contributed by atoms with Gasteiger partial charge in [0, 0.05) is 17.5 Å². The van der Waals surface area contributed by atoms with Crippen LogP contribution in [-0.2, 0) is 5.41 Å². The third kappa shape index (κ3) is 1.47. The number of benzene rings is 1. The Kier molecular flexibility index (Phi) is 2.35. The Morgan fingerprint density at radius 1 is 1.27 bits per heavy atom. The maximum atomic E-state index is 9.88. The molecule has 0 heterocycles. The molecule has 1 aliphatic rings. The Balaban J connectivity index is 2.47. The smallest absolute Gasteiger partial charge is 0.119 e. The summed E-state index contributed by atoms with van der Waals surface area (Å²) >= 11 is 0. The molecule has 1 saturated carbocycles. The first-order valence-electron chi connectivity index (χ1n) is 5.32. The van der Waals surface area contributed by atoms with Gasteiger partial charge in [0.1, 0.15) is 11.5 Å². The summed E-state index contributed by atoms with van der Waals surface area (Å²) in [4.78, 5) is 0. The molecule has 1 aromatic carbocycles.